The molecule has 0 saturated heterocycles. The molecule has 0 aliphatic carbocycles. The van der Waals surface area contributed by atoms with Crippen LogP contribution < -0.4 is 4.90 Å². The van der Waals surface area contributed by atoms with Crippen LogP contribution in [0.25, 0.3) is 10.2 Å². The molecule has 3 rings (SSSR count). The van der Waals surface area contributed by atoms with Gasteiger partial charge in [0.15, 0.2) is 10.3 Å². The van der Waals surface area contributed by atoms with Gasteiger partial charge in [-0.05, 0) is 44.2 Å². The molecule has 0 atom stereocenters. The highest BCUT2D eigenvalue weighted by Gasteiger charge is 2.17. The number of rotatable bonds is 5. The van der Waals surface area contributed by atoms with E-state index >= 15 is 0 Å². The van der Waals surface area contributed by atoms with Gasteiger partial charge >= 0.3 is 0 Å². The topological polar surface area (TPSA) is 59.0 Å². The fraction of sp³-hybridized carbons (Fsp3) is 0.333. The highest BCUT2D eigenvalue weighted by Crippen LogP contribution is 2.28. The Kier molecular flexibility index (Phi) is 5.34. The molecule has 0 aliphatic heterocycles. The number of thioether (sulfide) groups is 1. The van der Waals surface area contributed by atoms with E-state index in [9.17, 15) is 4.79 Å². The van der Waals surface area contributed by atoms with E-state index in [2.05, 4.69) is 15.0 Å². The molecule has 25 heavy (non-hydrogen) atoms. The van der Waals surface area contributed by atoms with Gasteiger partial charge < -0.3 is 0 Å². The first kappa shape index (κ1) is 17.8. The monoisotopic (exact) mass is 372 g/mol. The van der Waals surface area contributed by atoms with Crippen LogP contribution in [0, 0.1) is 13.8 Å². The van der Waals surface area contributed by atoms with E-state index in [1.807, 2.05) is 44.4 Å². The molecule has 0 bridgehead atoms. The van der Waals surface area contributed by atoms with Crippen LogP contribution in [-0.2, 0) is 11.2 Å². The number of carbonyl (C=O) groups is 1. The number of hydrogen-bond acceptors (Lipinski definition) is 6. The Morgan fingerprint density at radius 3 is 2.48 bits per heavy atom. The lowest BCUT2D eigenvalue weighted by molar-refractivity contribution is -0.118. The zero-order valence-corrected chi connectivity index (χ0v) is 16.4. The number of amides is 1. The third-order valence-corrected chi connectivity index (χ3v) is 5.78. The second kappa shape index (κ2) is 7.49. The highest BCUT2D eigenvalue weighted by atomic mass is 32.2. The fourth-order valence-corrected chi connectivity index (χ4v) is 4.07. The second-order valence-corrected chi connectivity index (χ2v) is 7.56. The van der Waals surface area contributed by atoms with Crippen LogP contribution in [0.1, 0.15) is 23.4 Å². The van der Waals surface area contributed by atoms with Crippen molar-refractivity contribution in [3.63, 3.8) is 0 Å². The van der Waals surface area contributed by atoms with Gasteiger partial charge in [-0.15, -0.1) is 0 Å². The van der Waals surface area contributed by atoms with Crippen molar-refractivity contribution in [3.05, 3.63) is 41.2 Å². The van der Waals surface area contributed by atoms with Crippen LogP contribution in [0.2, 0.25) is 0 Å². The number of para-hydroxylation sites is 1. The molecule has 1 amide bonds. The number of carbonyl (C=O) groups excluding carboxylic acids is 1. The van der Waals surface area contributed by atoms with Crippen molar-refractivity contribution in [2.75, 3.05) is 18.2 Å². The quantitative estimate of drug-likeness (QED) is 0.500. The molecule has 0 saturated carbocycles. The SMILES string of the molecule is CSc1nc(C)c(CCC(=O)N(C)c2nc3ccccc3s2)c(C)n1. The van der Waals surface area contributed by atoms with Gasteiger partial charge in [0.25, 0.3) is 0 Å². The summed E-state index contributed by atoms with van der Waals surface area (Å²) >= 11 is 3.06. The molecule has 1 aromatic carbocycles. The van der Waals surface area contributed by atoms with E-state index in [-0.39, 0.29) is 5.91 Å². The lowest BCUT2D eigenvalue weighted by atomic mass is 10.1. The van der Waals surface area contributed by atoms with Crippen LogP contribution in [0.15, 0.2) is 29.4 Å². The third kappa shape index (κ3) is 3.82. The van der Waals surface area contributed by atoms with Crippen molar-refractivity contribution in [1.82, 2.24) is 15.0 Å². The summed E-state index contributed by atoms with van der Waals surface area (Å²) in [5, 5.41) is 1.50. The first-order chi connectivity index (χ1) is 12.0. The molecule has 0 aliphatic rings. The third-order valence-electron chi connectivity index (χ3n) is 4.12. The first-order valence-electron chi connectivity index (χ1n) is 8.00. The zero-order valence-electron chi connectivity index (χ0n) is 14.7. The molecule has 2 aromatic heterocycles. The summed E-state index contributed by atoms with van der Waals surface area (Å²) < 4.78 is 1.09. The van der Waals surface area contributed by atoms with Crippen LogP contribution in [0.5, 0.6) is 0 Å². The van der Waals surface area contributed by atoms with E-state index < -0.39 is 0 Å². The van der Waals surface area contributed by atoms with Crippen molar-refractivity contribution in [3.8, 4) is 0 Å². The van der Waals surface area contributed by atoms with E-state index in [4.69, 9.17) is 0 Å². The summed E-state index contributed by atoms with van der Waals surface area (Å²) in [6, 6.07) is 7.92. The molecule has 0 spiro atoms. The van der Waals surface area contributed by atoms with Gasteiger partial charge in [-0.25, -0.2) is 15.0 Å². The second-order valence-electron chi connectivity index (χ2n) is 5.78. The molecule has 0 N–H and O–H groups in total. The van der Waals surface area contributed by atoms with Crippen LogP contribution in [-0.4, -0.2) is 34.2 Å². The molecular formula is C18H20N4OS2. The Balaban J connectivity index is 1.72. The molecule has 7 heteroatoms. The van der Waals surface area contributed by atoms with Gasteiger partial charge in [0.1, 0.15) is 0 Å². The predicted octanol–water partition coefficient (Wildman–Crippen LogP) is 4.02. The summed E-state index contributed by atoms with van der Waals surface area (Å²) in [6.45, 7) is 3.96. The minimum atomic E-state index is 0.0480. The summed E-state index contributed by atoms with van der Waals surface area (Å²) in [7, 11) is 1.78. The van der Waals surface area contributed by atoms with Gasteiger partial charge in [-0.3, -0.25) is 9.69 Å². The van der Waals surface area contributed by atoms with E-state index in [0.717, 1.165) is 37.5 Å². The maximum atomic E-state index is 12.6. The lowest BCUT2D eigenvalue weighted by Crippen LogP contribution is -2.26. The van der Waals surface area contributed by atoms with E-state index in [0.29, 0.717) is 12.8 Å². The maximum absolute atomic E-state index is 12.6. The smallest absolute Gasteiger partial charge is 0.228 e. The van der Waals surface area contributed by atoms with Gasteiger partial charge in [0.2, 0.25) is 5.91 Å². The van der Waals surface area contributed by atoms with Crippen molar-refractivity contribution >= 4 is 44.4 Å². The van der Waals surface area contributed by atoms with E-state index in [1.54, 1.807) is 11.9 Å². The molecule has 2 heterocycles. The van der Waals surface area contributed by atoms with Gasteiger partial charge in [0.05, 0.1) is 10.2 Å². The standard InChI is InChI=1S/C18H20N4OS2/c1-11-13(12(2)20-17(19-11)24-4)9-10-16(23)22(3)18-21-14-7-5-6-8-15(14)25-18/h5-8H,9-10H2,1-4H3. The number of aromatic nitrogens is 3. The first-order valence-corrected chi connectivity index (χ1v) is 10.0. The number of benzene rings is 1. The number of aryl methyl sites for hydroxylation is 2. The van der Waals surface area contributed by atoms with Gasteiger partial charge in [0, 0.05) is 24.9 Å². The molecule has 0 radical (unpaired) electrons. The number of nitrogens with zero attached hydrogens (tertiary/aromatic N) is 4. The summed E-state index contributed by atoms with van der Waals surface area (Å²) in [6.07, 6.45) is 3.01. The average Bonchev–Trinajstić information content (AvgIpc) is 3.03. The Morgan fingerprint density at radius 2 is 1.84 bits per heavy atom. The number of hydrogen-bond donors (Lipinski definition) is 0. The fourth-order valence-electron chi connectivity index (χ4n) is 2.67. The predicted molar refractivity (Wildman–Crippen MR) is 105 cm³/mol. The Hall–Kier alpha value is -1.99. The maximum Gasteiger partial charge on any atom is 0.228 e. The van der Waals surface area contributed by atoms with Gasteiger partial charge in [-0.2, -0.15) is 0 Å². The van der Waals surface area contributed by atoms with Crippen LogP contribution in [0.4, 0.5) is 5.13 Å². The molecule has 3 aromatic rings. The normalized spacial score (nSPS) is 11.0. The average molecular weight is 373 g/mol. The van der Waals surface area contributed by atoms with Crippen molar-refractivity contribution in [2.45, 2.75) is 31.8 Å². The highest BCUT2D eigenvalue weighted by molar-refractivity contribution is 7.98. The van der Waals surface area contributed by atoms with Gasteiger partial charge in [-0.1, -0.05) is 35.2 Å². The minimum absolute atomic E-state index is 0.0480. The van der Waals surface area contributed by atoms with Crippen molar-refractivity contribution in [2.24, 2.45) is 0 Å². The molecular weight excluding hydrogens is 352 g/mol. The Morgan fingerprint density at radius 1 is 1.16 bits per heavy atom. The van der Waals surface area contributed by atoms with Crippen molar-refractivity contribution < 1.29 is 4.79 Å². The molecule has 0 fully saturated rings. The molecule has 5 nitrogen and oxygen atoms in total. The molecule has 0 unspecified atom stereocenters. The zero-order chi connectivity index (χ0) is 18.0. The number of fused-ring (bicyclic) bond motifs is 1. The number of anilines is 1. The summed E-state index contributed by atoms with van der Waals surface area (Å²) in [5.74, 6) is 0.0480. The summed E-state index contributed by atoms with van der Waals surface area (Å²) in [4.78, 5) is 27.7. The Labute approximate surface area is 155 Å². The Bertz CT molecular complexity index is 866. The lowest BCUT2D eigenvalue weighted by Gasteiger charge is -2.15. The summed E-state index contributed by atoms with van der Waals surface area (Å²) in [5.41, 5.74) is 3.89. The van der Waals surface area contributed by atoms with Crippen molar-refractivity contribution in [1.29, 1.82) is 0 Å². The van der Waals surface area contributed by atoms with Crippen LogP contribution in [0.3, 0.4) is 0 Å². The minimum Gasteiger partial charge on any atom is -0.291 e. The van der Waals surface area contributed by atoms with E-state index in [1.165, 1.54) is 23.1 Å². The van der Waals surface area contributed by atoms with Crippen LogP contribution >= 0.6 is 23.1 Å². The largest absolute Gasteiger partial charge is 0.291 e. The number of thiazole rings is 1. The molecule has 130 valence electrons.